The maximum absolute atomic E-state index is 13.3. The van der Waals surface area contributed by atoms with Gasteiger partial charge in [-0.05, 0) is 30.2 Å². The molecular weight excluding hydrogens is 386 g/mol. The predicted octanol–water partition coefficient (Wildman–Crippen LogP) is 2.70. The van der Waals surface area contributed by atoms with Crippen molar-refractivity contribution in [3.05, 3.63) is 59.2 Å². The highest BCUT2D eigenvalue weighted by Crippen LogP contribution is 2.26. The maximum Gasteiger partial charge on any atom is 0.254 e. The molecule has 30 heavy (non-hydrogen) atoms. The van der Waals surface area contributed by atoms with Crippen molar-refractivity contribution < 1.29 is 28.9 Å². The number of methoxy groups -OCH3 is 1. The molecule has 1 aliphatic heterocycles. The lowest BCUT2D eigenvalue weighted by Crippen LogP contribution is -2.49. The molecule has 1 saturated heterocycles. The average molecular weight is 413 g/mol. The van der Waals surface area contributed by atoms with Crippen molar-refractivity contribution in [2.75, 3.05) is 40.1 Å². The smallest absolute Gasteiger partial charge is 0.254 e. The minimum atomic E-state index is -0.140. The molecule has 2 aromatic carbocycles. The van der Waals surface area contributed by atoms with Gasteiger partial charge in [-0.25, -0.2) is 0 Å². The molecule has 160 valence electrons. The Labute approximate surface area is 176 Å². The number of amides is 1. The first-order chi connectivity index (χ1) is 14.7. The molecule has 1 amide bonds. The summed E-state index contributed by atoms with van der Waals surface area (Å²) in [4.78, 5) is 26.3. The third-order valence-electron chi connectivity index (χ3n) is 5.18. The summed E-state index contributed by atoms with van der Waals surface area (Å²) in [5, 5.41) is 9.77. The van der Waals surface area contributed by atoms with E-state index >= 15 is 0 Å². The molecule has 0 aromatic heterocycles. The first kappa shape index (κ1) is 21.8. The highest BCUT2D eigenvalue weighted by Gasteiger charge is 2.29. The number of nitrogens with zero attached hydrogens (tertiary/aromatic N) is 1. The van der Waals surface area contributed by atoms with Crippen molar-refractivity contribution in [2.24, 2.45) is 0 Å². The zero-order valence-corrected chi connectivity index (χ0v) is 17.1. The van der Waals surface area contributed by atoms with Gasteiger partial charge in [-0.2, -0.15) is 0 Å². The molecule has 0 unspecified atom stereocenters. The average Bonchev–Trinajstić information content (AvgIpc) is 2.78. The van der Waals surface area contributed by atoms with Crippen LogP contribution in [0.4, 0.5) is 0 Å². The molecule has 0 aliphatic carbocycles. The van der Waals surface area contributed by atoms with Crippen LogP contribution in [-0.2, 0) is 15.9 Å². The van der Waals surface area contributed by atoms with Gasteiger partial charge in [0.1, 0.15) is 11.5 Å². The summed E-state index contributed by atoms with van der Waals surface area (Å²) in [6, 6.07) is 12.1. The molecule has 0 saturated carbocycles. The number of hydrogen-bond acceptors (Lipinski definition) is 6. The Morgan fingerprint density at radius 2 is 2.07 bits per heavy atom. The molecule has 1 N–H and O–H groups in total. The second-order valence-corrected chi connectivity index (χ2v) is 7.07. The summed E-state index contributed by atoms with van der Waals surface area (Å²) in [5.41, 5.74) is 1.76. The lowest BCUT2D eigenvalue weighted by Gasteiger charge is -2.36. The molecule has 1 heterocycles. The Balaban J connectivity index is 1.68. The molecular formula is C23H27NO6. The Bertz CT molecular complexity index is 869. The van der Waals surface area contributed by atoms with Gasteiger partial charge < -0.3 is 24.2 Å². The zero-order valence-electron chi connectivity index (χ0n) is 17.1. The second kappa shape index (κ2) is 10.8. The predicted molar refractivity (Wildman–Crippen MR) is 111 cm³/mol. The molecule has 0 spiro atoms. The number of rotatable bonds is 9. The van der Waals surface area contributed by atoms with Crippen LogP contribution < -0.4 is 4.74 Å². The third kappa shape index (κ3) is 5.17. The van der Waals surface area contributed by atoms with Crippen LogP contribution >= 0.6 is 0 Å². The van der Waals surface area contributed by atoms with E-state index in [4.69, 9.17) is 14.2 Å². The fraction of sp³-hybridized carbons (Fsp3) is 0.391. The number of benzene rings is 2. The molecule has 0 bridgehead atoms. The van der Waals surface area contributed by atoms with Crippen molar-refractivity contribution >= 4 is 12.2 Å². The Kier molecular flexibility index (Phi) is 7.82. The quantitative estimate of drug-likeness (QED) is 0.637. The molecule has 0 radical (unpaired) electrons. The van der Waals surface area contributed by atoms with Gasteiger partial charge in [-0.3, -0.25) is 9.59 Å². The minimum absolute atomic E-state index is 0.0269. The summed E-state index contributed by atoms with van der Waals surface area (Å²) in [6.07, 6.45) is 1.78. The maximum atomic E-state index is 13.3. The molecule has 2 aromatic rings. The number of hydrogen-bond donors (Lipinski definition) is 1. The molecule has 7 heteroatoms. The van der Waals surface area contributed by atoms with Crippen LogP contribution in [0.2, 0.25) is 0 Å². The number of carbonyl (C=O) groups is 2. The van der Waals surface area contributed by atoms with Crippen molar-refractivity contribution in [1.29, 1.82) is 0 Å². The van der Waals surface area contributed by atoms with Gasteiger partial charge in [0, 0.05) is 25.6 Å². The summed E-state index contributed by atoms with van der Waals surface area (Å²) in [6.45, 7) is 2.26. The van der Waals surface area contributed by atoms with Crippen LogP contribution in [0.5, 0.6) is 11.5 Å². The summed E-state index contributed by atoms with van der Waals surface area (Å²) >= 11 is 0. The SMILES string of the molecule is COCCc1ccccc1C(=O)N1CCOC[C@H]1CCOc1cccc(O)c1C=O. The number of morpholine rings is 1. The van der Waals surface area contributed by atoms with Crippen molar-refractivity contribution in [1.82, 2.24) is 4.90 Å². The van der Waals surface area contributed by atoms with Gasteiger partial charge >= 0.3 is 0 Å². The second-order valence-electron chi connectivity index (χ2n) is 7.07. The number of aromatic hydroxyl groups is 1. The number of carbonyl (C=O) groups excluding carboxylic acids is 2. The monoisotopic (exact) mass is 413 g/mol. The number of aldehydes is 1. The van der Waals surface area contributed by atoms with E-state index in [1.165, 1.54) is 6.07 Å². The van der Waals surface area contributed by atoms with E-state index < -0.39 is 0 Å². The van der Waals surface area contributed by atoms with Gasteiger partial charge in [-0.1, -0.05) is 24.3 Å². The van der Waals surface area contributed by atoms with Crippen molar-refractivity contribution in [2.45, 2.75) is 18.9 Å². The van der Waals surface area contributed by atoms with Gasteiger partial charge in [-0.15, -0.1) is 0 Å². The first-order valence-corrected chi connectivity index (χ1v) is 10.0. The third-order valence-corrected chi connectivity index (χ3v) is 5.18. The largest absolute Gasteiger partial charge is 0.507 e. The topological polar surface area (TPSA) is 85.3 Å². The molecule has 1 fully saturated rings. The van der Waals surface area contributed by atoms with Gasteiger partial charge in [0.15, 0.2) is 6.29 Å². The van der Waals surface area contributed by atoms with E-state index in [0.717, 1.165) is 5.56 Å². The summed E-state index contributed by atoms with van der Waals surface area (Å²) in [7, 11) is 1.64. The lowest BCUT2D eigenvalue weighted by molar-refractivity contribution is -0.00749. The zero-order chi connectivity index (χ0) is 21.3. The Hall–Kier alpha value is -2.90. The van der Waals surface area contributed by atoms with E-state index in [-0.39, 0.29) is 29.9 Å². The fourth-order valence-electron chi connectivity index (χ4n) is 3.56. The highest BCUT2D eigenvalue weighted by atomic mass is 16.5. The van der Waals surface area contributed by atoms with Crippen LogP contribution in [0, 0.1) is 0 Å². The first-order valence-electron chi connectivity index (χ1n) is 10.0. The van der Waals surface area contributed by atoms with E-state index in [1.54, 1.807) is 19.2 Å². The van der Waals surface area contributed by atoms with Crippen LogP contribution in [-0.4, -0.2) is 68.3 Å². The van der Waals surface area contributed by atoms with Crippen molar-refractivity contribution in [3.63, 3.8) is 0 Å². The number of ether oxygens (including phenoxy) is 3. The lowest BCUT2D eigenvalue weighted by atomic mass is 10.0. The molecule has 1 atom stereocenters. The van der Waals surface area contributed by atoms with E-state index in [2.05, 4.69) is 0 Å². The van der Waals surface area contributed by atoms with Crippen molar-refractivity contribution in [3.8, 4) is 11.5 Å². The highest BCUT2D eigenvalue weighted by molar-refractivity contribution is 5.96. The van der Waals surface area contributed by atoms with Crippen LogP contribution in [0.1, 0.15) is 32.7 Å². The molecule has 7 nitrogen and oxygen atoms in total. The van der Waals surface area contributed by atoms with E-state index in [9.17, 15) is 14.7 Å². The minimum Gasteiger partial charge on any atom is -0.507 e. The molecule has 3 rings (SSSR count). The number of phenols is 1. The van der Waals surface area contributed by atoms with Gasteiger partial charge in [0.05, 0.1) is 38.0 Å². The Morgan fingerprint density at radius 3 is 2.87 bits per heavy atom. The Morgan fingerprint density at radius 1 is 1.23 bits per heavy atom. The standard InChI is InChI=1S/C23H27NO6/c1-28-12-9-17-5-2-3-6-19(17)23(27)24-11-14-29-16-18(24)10-13-30-22-8-4-7-21(26)20(22)15-25/h2-8,15,18,26H,9-14,16H2,1H3/t18-/m1/s1. The van der Waals surface area contributed by atoms with Crippen LogP contribution in [0.25, 0.3) is 0 Å². The van der Waals surface area contributed by atoms with Gasteiger partial charge in [0.25, 0.3) is 5.91 Å². The summed E-state index contributed by atoms with van der Waals surface area (Å²) in [5.74, 6) is 0.179. The summed E-state index contributed by atoms with van der Waals surface area (Å²) < 4.78 is 16.5. The number of phenolic OH excluding ortho intramolecular Hbond substituents is 1. The van der Waals surface area contributed by atoms with Gasteiger partial charge in [0.2, 0.25) is 0 Å². The molecule has 1 aliphatic rings. The van der Waals surface area contributed by atoms with Crippen LogP contribution in [0.15, 0.2) is 42.5 Å². The van der Waals surface area contributed by atoms with E-state index in [0.29, 0.717) is 56.8 Å². The van der Waals surface area contributed by atoms with Crippen LogP contribution in [0.3, 0.4) is 0 Å². The fourth-order valence-corrected chi connectivity index (χ4v) is 3.56. The van der Waals surface area contributed by atoms with E-state index in [1.807, 2.05) is 29.2 Å². The normalized spacial score (nSPS) is 16.3.